The van der Waals surface area contributed by atoms with E-state index in [0.717, 1.165) is 35.1 Å². The van der Waals surface area contributed by atoms with Crippen LogP contribution in [0.15, 0.2) is 53.3 Å². The number of nitrogens with one attached hydrogen (secondary N) is 1. The molecule has 0 fully saturated rings. The summed E-state index contributed by atoms with van der Waals surface area (Å²) >= 11 is 0. The van der Waals surface area contributed by atoms with Gasteiger partial charge in [-0.25, -0.2) is 8.78 Å². The molecule has 1 aromatic carbocycles. The van der Waals surface area contributed by atoms with Gasteiger partial charge in [-0.05, 0) is 83.2 Å². The number of aryl methyl sites for hydroxylation is 1. The Bertz CT molecular complexity index is 823. The van der Waals surface area contributed by atoms with Gasteiger partial charge in [0.1, 0.15) is 0 Å². The summed E-state index contributed by atoms with van der Waals surface area (Å²) in [5.41, 5.74) is 7.36. The quantitative estimate of drug-likeness (QED) is 0.326. The predicted octanol–water partition coefficient (Wildman–Crippen LogP) is 7.09. The molecule has 160 valence electrons. The molecule has 0 bridgehead atoms. The fraction of sp³-hybridized carbons (Fsp3) is 0.500. The lowest BCUT2D eigenvalue weighted by Crippen LogP contribution is -2.45. The minimum atomic E-state index is -0.726. The van der Waals surface area contributed by atoms with Crippen LogP contribution in [0.1, 0.15) is 65.5 Å². The highest BCUT2D eigenvalue weighted by Crippen LogP contribution is 2.35. The average molecular weight is 402 g/mol. The van der Waals surface area contributed by atoms with Gasteiger partial charge in [0.15, 0.2) is 11.6 Å². The largest absolute Gasteiger partial charge is 0.314 e. The molecule has 1 aromatic rings. The molecule has 0 aliphatic rings. The van der Waals surface area contributed by atoms with E-state index in [0.29, 0.717) is 24.0 Å². The van der Waals surface area contributed by atoms with Gasteiger partial charge in [0.2, 0.25) is 0 Å². The smallest absolute Gasteiger partial charge is 0.162 e. The molecule has 1 nitrogen and oxygen atoms in total. The first-order chi connectivity index (χ1) is 13.5. The minimum Gasteiger partial charge on any atom is -0.314 e. The lowest BCUT2D eigenvalue weighted by atomic mass is 9.75. The molecule has 1 unspecified atom stereocenters. The number of unbranched alkanes of at least 4 members (excludes halogenated alkanes) is 1. The van der Waals surface area contributed by atoms with Crippen LogP contribution in [-0.2, 0) is 12.8 Å². The van der Waals surface area contributed by atoms with Crippen molar-refractivity contribution >= 4 is 0 Å². The molecule has 1 N–H and O–H groups in total. The Labute approximate surface area is 176 Å². The van der Waals surface area contributed by atoms with Crippen molar-refractivity contribution < 1.29 is 8.78 Å². The van der Waals surface area contributed by atoms with E-state index in [1.807, 2.05) is 34.7 Å². The zero-order valence-corrected chi connectivity index (χ0v) is 19.2. The number of hydrogen-bond donors (Lipinski definition) is 1. The molecule has 0 radical (unpaired) electrons. The molecule has 0 saturated heterocycles. The first kappa shape index (κ1) is 25.1. The second-order valence-electron chi connectivity index (χ2n) is 8.48. The molecule has 29 heavy (non-hydrogen) atoms. The number of hydrogen-bond acceptors (Lipinski definition) is 1. The van der Waals surface area contributed by atoms with Crippen LogP contribution in [-0.4, -0.2) is 12.6 Å². The molecule has 0 aliphatic carbocycles. The first-order valence-electron chi connectivity index (χ1n) is 10.4. The molecule has 0 saturated carbocycles. The van der Waals surface area contributed by atoms with E-state index < -0.39 is 11.6 Å². The highest BCUT2D eigenvalue weighted by Gasteiger charge is 2.32. The SMILES string of the molecule is C=C=C(C)/C(C(=C)C)=C(\C)C(Cc1ccc(CCCC)c(F)c1F)C(C)(C)NC. The lowest BCUT2D eigenvalue weighted by molar-refractivity contribution is 0.299. The average Bonchev–Trinajstić information content (AvgIpc) is 2.67. The van der Waals surface area contributed by atoms with E-state index in [4.69, 9.17) is 0 Å². The minimum absolute atomic E-state index is 0.0714. The molecule has 0 aromatic heterocycles. The van der Waals surface area contributed by atoms with Gasteiger partial charge >= 0.3 is 0 Å². The summed E-state index contributed by atoms with van der Waals surface area (Å²) in [6.07, 6.45) is 2.75. The van der Waals surface area contributed by atoms with Crippen LogP contribution in [0, 0.1) is 17.6 Å². The van der Waals surface area contributed by atoms with E-state index in [9.17, 15) is 8.78 Å². The van der Waals surface area contributed by atoms with Gasteiger partial charge in [-0.3, -0.25) is 0 Å². The van der Waals surface area contributed by atoms with Gasteiger partial charge in [-0.1, -0.05) is 49.8 Å². The summed E-state index contributed by atoms with van der Waals surface area (Å²) in [5, 5.41) is 3.34. The summed E-state index contributed by atoms with van der Waals surface area (Å²) in [7, 11) is 1.89. The lowest BCUT2D eigenvalue weighted by Gasteiger charge is -2.37. The van der Waals surface area contributed by atoms with E-state index in [-0.39, 0.29) is 11.5 Å². The first-order valence-corrected chi connectivity index (χ1v) is 10.4. The zero-order chi connectivity index (χ0) is 22.4. The number of halogens is 2. The molecule has 3 heteroatoms. The van der Waals surface area contributed by atoms with Gasteiger partial charge in [0.25, 0.3) is 0 Å². The molecular formula is C26H37F2N. The molecule has 1 rings (SSSR count). The molecular weight excluding hydrogens is 364 g/mol. The Hall–Kier alpha value is -1.96. The summed E-state index contributed by atoms with van der Waals surface area (Å²) < 4.78 is 29.6. The monoisotopic (exact) mass is 401 g/mol. The fourth-order valence-electron chi connectivity index (χ4n) is 3.91. The number of rotatable bonds is 10. The van der Waals surface area contributed by atoms with Crippen molar-refractivity contribution in [3.05, 3.63) is 76.1 Å². The van der Waals surface area contributed by atoms with Crippen LogP contribution < -0.4 is 5.32 Å². The van der Waals surface area contributed by atoms with Crippen LogP contribution in [0.2, 0.25) is 0 Å². The molecule has 0 amide bonds. The van der Waals surface area contributed by atoms with Crippen LogP contribution in [0.5, 0.6) is 0 Å². The van der Waals surface area contributed by atoms with Crippen LogP contribution in [0.25, 0.3) is 0 Å². The van der Waals surface area contributed by atoms with Crippen molar-refractivity contribution in [2.75, 3.05) is 7.05 Å². The fourth-order valence-corrected chi connectivity index (χ4v) is 3.91. The summed E-state index contributed by atoms with van der Waals surface area (Å²) in [6, 6.07) is 3.48. The van der Waals surface area contributed by atoms with E-state index in [1.165, 1.54) is 0 Å². The third kappa shape index (κ3) is 6.01. The topological polar surface area (TPSA) is 12.0 Å². The highest BCUT2D eigenvalue weighted by molar-refractivity contribution is 5.47. The summed E-state index contributed by atoms with van der Waals surface area (Å²) in [5.74, 6) is -1.50. The Morgan fingerprint density at radius 1 is 1.14 bits per heavy atom. The van der Waals surface area contributed by atoms with Gasteiger partial charge < -0.3 is 5.32 Å². The second kappa shape index (κ2) is 10.7. The van der Waals surface area contributed by atoms with Gasteiger partial charge in [-0.2, -0.15) is 0 Å². The van der Waals surface area contributed by atoms with Crippen LogP contribution in [0.3, 0.4) is 0 Å². The zero-order valence-electron chi connectivity index (χ0n) is 19.2. The molecule has 0 aliphatic heterocycles. The summed E-state index contributed by atoms with van der Waals surface area (Å²) in [6.45, 7) is 20.0. The summed E-state index contributed by atoms with van der Waals surface area (Å²) in [4.78, 5) is 0. The van der Waals surface area contributed by atoms with E-state index in [2.05, 4.69) is 38.1 Å². The normalized spacial score (nSPS) is 13.6. The second-order valence-corrected chi connectivity index (χ2v) is 8.48. The van der Waals surface area contributed by atoms with Crippen LogP contribution >= 0.6 is 0 Å². The third-order valence-electron chi connectivity index (χ3n) is 5.97. The van der Waals surface area contributed by atoms with E-state index in [1.54, 1.807) is 12.1 Å². The molecule has 0 spiro atoms. The molecule has 1 atom stereocenters. The Balaban J connectivity index is 3.52. The predicted molar refractivity (Wildman–Crippen MR) is 121 cm³/mol. The Kier molecular flexibility index (Phi) is 9.26. The Morgan fingerprint density at radius 2 is 1.69 bits per heavy atom. The third-order valence-corrected chi connectivity index (χ3v) is 5.97. The maximum atomic E-state index is 14.9. The maximum Gasteiger partial charge on any atom is 0.162 e. The van der Waals surface area contributed by atoms with Gasteiger partial charge in [0.05, 0.1) is 0 Å². The Morgan fingerprint density at radius 3 is 2.17 bits per heavy atom. The van der Waals surface area contributed by atoms with Crippen molar-refractivity contribution in [2.24, 2.45) is 5.92 Å². The van der Waals surface area contributed by atoms with Crippen molar-refractivity contribution in [1.29, 1.82) is 0 Å². The van der Waals surface area contributed by atoms with Crippen LogP contribution in [0.4, 0.5) is 8.78 Å². The van der Waals surface area contributed by atoms with Crippen molar-refractivity contribution in [3.8, 4) is 0 Å². The standard InChI is InChI=1S/C26H37F2N/c1-10-12-13-20-14-15-21(25(28)24(20)27)16-22(26(7,8)29-9)19(6)23(17(3)4)18(5)11-2/h14-15,22,29H,2-3,10,12-13,16H2,1,4-9H3/b23-19+. The highest BCUT2D eigenvalue weighted by atomic mass is 19.2. The van der Waals surface area contributed by atoms with Crippen molar-refractivity contribution in [2.45, 2.75) is 72.8 Å². The maximum absolute atomic E-state index is 14.9. The molecule has 0 heterocycles. The van der Waals surface area contributed by atoms with Gasteiger partial charge in [-0.15, -0.1) is 5.73 Å². The number of allylic oxidation sites excluding steroid dienone is 3. The van der Waals surface area contributed by atoms with Crippen molar-refractivity contribution in [3.63, 3.8) is 0 Å². The van der Waals surface area contributed by atoms with Gasteiger partial charge in [0, 0.05) is 11.5 Å². The van der Waals surface area contributed by atoms with Crippen molar-refractivity contribution in [1.82, 2.24) is 5.32 Å². The number of benzene rings is 1. The van der Waals surface area contributed by atoms with E-state index >= 15 is 0 Å².